The van der Waals surface area contributed by atoms with Gasteiger partial charge in [-0.1, -0.05) is 58.5 Å². The summed E-state index contributed by atoms with van der Waals surface area (Å²) in [6, 6.07) is 4.21. The van der Waals surface area contributed by atoms with Gasteiger partial charge in [-0.2, -0.15) is 13.2 Å². The van der Waals surface area contributed by atoms with E-state index in [1.54, 1.807) is 0 Å². The summed E-state index contributed by atoms with van der Waals surface area (Å²) in [5.41, 5.74) is -3.16. The van der Waals surface area contributed by atoms with Crippen LogP contribution in [0.3, 0.4) is 0 Å². The SMILES string of the molecule is O=C(NC(Cl)C(Cl)(Cl)Cl)c1ccccc1C(F)(F)F. The first kappa shape index (κ1) is 16.7. The lowest BCUT2D eigenvalue weighted by molar-refractivity contribution is -0.137. The molecule has 106 valence electrons. The highest BCUT2D eigenvalue weighted by atomic mass is 35.6. The fourth-order valence-corrected chi connectivity index (χ4v) is 1.47. The lowest BCUT2D eigenvalue weighted by atomic mass is 10.1. The van der Waals surface area contributed by atoms with Crippen LogP contribution in [0.15, 0.2) is 24.3 Å². The molecule has 0 aliphatic heterocycles. The van der Waals surface area contributed by atoms with Crippen molar-refractivity contribution in [1.29, 1.82) is 0 Å². The Morgan fingerprint density at radius 1 is 1.16 bits per heavy atom. The van der Waals surface area contributed by atoms with Crippen LogP contribution in [-0.4, -0.2) is 15.2 Å². The maximum atomic E-state index is 12.7. The van der Waals surface area contributed by atoms with Crippen molar-refractivity contribution in [2.75, 3.05) is 0 Å². The molecule has 0 heterocycles. The van der Waals surface area contributed by atoms with Gasteiger partial charge < -0.3 is 5.32 Å². The highest BCUT2D eigenvalue weighted by molar-refractivity contribution is 6.70. The van der Waals surface area contributed by atoms with E-state index in [2.05, 4.69) is 0 Å². The third-order valence-corrected chi connectivity index (χ3v) is 3.45. The molecule has 1 N–H and O–H groups in total. The van der Waals surface area contributed by atoms with Crippen LogP contribution in [-0.2, 0) is 6.18 Å². The summed E-state index contributed by atoms with van der Waals surface area (Å²) in [6.07, 6.45) is -4.67. The van der Waals surface area contributed by atoms with Crippen LogP contribution in [0.25, 0.3) is 0 Å². The first-order valence-corrected chi connectivity index (χ1v) is 6.28. The monoisotopic (exact) mass is 353 g/mol. The zero-order chi connectivity index (χ0) is 14.8. The van der Waals surface area contributed by atoms with E-state index in [4.69, 9.17) is 46.4 Å². The number of carbonyl (C=O) groups excluding carboxylic acids is 1. The summed E-state index contributed by atoms with van der Waals surface area (Å²) < 4.78 is 36.0. The van der Waals surface area contributed by atoms with Gasteiger partial charge in [-0.15, -0.1) is 0 Å². The maximum absolute atomic E-state index is 12.7. The van der Waals surface area contributed by atoms with Gasteiger partial charge in [0.25, 0.3) is 5.91 Å². The second kappa shape index (κ2) is 5.95. The van der Waals surface area contributed by atoms with Gasteiger partial charge in [0.15, 0.2) is 5.50 Å². The number of hydrogen-bond acceptors (Lipinski definition) is 1. The van der Waals surface area contributed by atoms with Gasteiger partial charge in [0.1, 0.15) is 0 Å². The van der Waals surface area contributed by atoms with Crippen LogP contribution in [0.2, 0.25) is 0 Å². The van der Waals surface area contributed by atoms with E-state index in [0.717, 1.165) is 18.2 Å². The van der Waals surface area contributed by atoms with Gasteiger partial charge in [-0.3, -0.25) is 4.79 Å². The second-order valence-electron chi connectivity index (χ2n) is 3.42. The molecule has 0 radical (unpaired) electrons. The van der Waals surface area contributed by atoms with E-state index in [9.17, 15) is 18.0 Å². The highest BCUT2D eigenvalue weighted by Crippen LogP contribution is 2.34. The first-order valence-electron chi connectivity index (χ1n) is 4.71. The molecule has 1 unspecified atom stereocenters. The molecule has 2 nitrogen and oxygen atoms in total. The Kier molecular flexibility index (Phi) is 5.23. The molecule has 0 fully saturated rings. The van der Waals surface area contributed by atoms with Crippen LogP contribution >= 0.6 is 46.4 Å². The largest absolute Gasteiger partial charge is 0.417 e. The molecule has 1 aromatic carbocycles. The summed E-state index contributed by atoms with van der Waals surface area (Å²) in [5.74, 6) is -1.08. The van der Waals surface area contributed by atoms with Crippen molar-refractivity contribution >= 4 is 52.3 Å². The second-order valence-corrected chi connectivity index (χ2v) is 6.23. The summed E-state index contributed by atoms with van der Waals surface area (Å²) in [6.45, 7) is 0. The molecule has 0 spiro atoms. The third-order valence-electron chi connectivity index (χ3n) is 2.02. The Bertz CT molecular complexity index is 473. The van der Waals surface area contributed by atoms with E-state index in [1.165, 1.54) is 6.07 Å². The molecule has 0 saturated carbocycles. The number of amides is 1. The van der Waals surface area contributed by atoms with Gasteiger partial charge in [0.2, 0.25) is 3.79 Å². The quantitative estimate of drug-likeness (QED) is 0.620. The van der Waals surface area contributed by atoms with E-state index in [0.29, 0.717) is 0 Å². The summed E-state index contributed by atoms with van der Waals surface area (Å²) >= 11 is 21.8. The summed E-state index contributed by atoms with van der Waals surface area (Å²) in [7, 11) is 0. The number of nitrogens with one attached hydrogen (secondary N) is 1. The van der Waals surface area contributed by atoms with Gasteiger partial charge in [-0.05, 0) is 12.1 Å². The minimum atomic E-state index is -4.67. The van der Waals surface area contributed by atoms with Crippen molar-refractivity contribution in [3.63, 3.8) is 0 Å². The fourth-order valence-electron chi connectivity index (χ4n) is 1.20. The fraction of sp³-hybridized carbons (Fsp3) is 0.300. The number of halogens is 7. The zero-order valence-corrected chi connectivity index (χ0v) is 12.0. The van der Waals surface area contributed by atoms with Crippen molar-refractivity contribution in [1.82, 2.24) is 5.32 Å². The van der Waals surface area contributed by atoms with Crippen molar-refractivity contribution < 1.29 is 18.0 Å². The van der Waals surface area contributed by atoms with E-state index >= 15 is 0 Å². The first-order chi connectivity index (χ1) is 8.53. The predicted molar refractivity (Wildman–Crippen MR) is 68.8 cm³/mol. The molecule has 0 aliphatic rings. The predicted octanol–water partition coefficient (Wildman–Crippen LogP) is 4.37. The van der Waals surface area contributed by atoms with Crippen LogP contribution < -0.4 is 5.32 Å². The van der Waals surface area contributed by atoms with Crippen molar-refractivity contribution in [2.45, 2.75) is 15.5 Å². The Morgan fingerprint density at radius 3 is 2.16 bits per heavy atom. The molecule has 0 saturated heterocycles. The Morgan fingerprint density at radius 2 is 1.68 bits per heavy atom. The third kappa shape index (κ3) is 4.60. The topological polar surface area (TPSA) is 29.1 Å². The van der Waals surface area contributed by atoms with Crippen molar-refractivity contribution in [3.8, 4) is 0 Å². The number of carbonyl (C=O) groups is 1. The molecule has 1 rings (SSSR count). The minimum absolute atomic E-state index is 0.602. The lowest BCUT2D eigenvalue weighted by Gasteiger charge is -2.20. The molecular weight excluding hydrogens is 349 g/mol. The number of rotatable bonds is 2. The Balaban J connectivity index is 3.02. The Hall–Kier alpha value is -0.360. The number of benzene rings is 1. The normalized spacial score (nSPS) is 14.1. The maximum Gasteiger partial charge on any atom is 0.417 e. The summed E-state index contributed by atoms with van der Waals surface area (Å²) in [4.78, 5) is 11.7. The van der Waals surface area contributed by atoms with Gasteiger partial charge in [0, 0.05) is 0 Å². The molecule has 1 amide bonds. The molecule has 1 atom stereocenters. The van der Waals surface area contributed by atoms with E-state index in [-0.39, 0.29) is 0 Å². The van der Waals surface area contributed by atoms with Crippen molar-refractivity contribution in [3.05, 3.63) is 35.4 Å². The molecular formula is C10H6Cl4F3NO. The smallest absolute Gasteiger partial charge is 0.332 e. The van der Waals surface area contributed by atoms with E-state index in [1.807, 2.05) is 5.32 Å². The molecule has 9 heteroatoms. The average molecular weight is 355 g/mol. The average Bonchev–Trinajstić information content (AvgIpc) is 2.26. The van der Waals surface area contributed by atoms with Gasteiger partial charge >= 0.3 is 6.18 Å². The number of alkyl halides is 7. The molecule has 19 heavy (non-hydrogen) atoms. The lowest BCUT2D eigenvalue weighted by Crippen LogP contribution is -2.40. The van der Waals surface area contributed by atoms with Gasteiger partial charge in [-0.25, -0.2) is 0 Å². The molecule has 0 aromatic heterocycles. The molecule has 1 aromatic rings. The van der Waals surface area contributed by atoms with Crippen molar-refractivity contribution in [2.24, 2.45) is 0 Å². The molecule has 0 aliphatic carbocycles. The van der Waals surface area contributed by atoms with Crippen LogP contribution in [0.4, 0.5) is 13.2 Å². The van der Waals surface area contributed by atoms with Crippen LogP contribution in [0.1, 0.15) is 15.9 Å². The molecule has 0 bridgehead atoms. The zero-order valence-electron chi connectivity index (χ0n) is 8.94. The highest BCUT2D eigenvalue weighted by Gasteiger charge is 2.37. The minimum Gasteiger partial charge on any atom is -0.332 e. The standard InChI is InChI=1S/C10H6Cl4F3NO/c11-8(9(12,13)14)18-7(19)5-3-1-2-4-6(5)10(15,16)17/h1-4,8H,(H,18,19). The Labute approximate surface area is 126 Å². The van der Waals surface area contributed by atoms with E-state index < -0.39 is 32.5 Å². The number of hydrogen-bond donors (Lipinski definition) is 1. The van der Waals surface area contributed by atoms with Crippen LogP contribution in [0, 0.1) is 0 Å². The van der Waals surface area contributed by atoms with Gasteiger partial charge in [0.05, 0.1) is 11.1 Å². The summed E-state index contributed by atoms with van der Waals surface area (Å²) in [5, 5.41) is 1.98. The van der Waals surface area contributed by atoms with Crippen LogP contribution in [0.5, 0.6) is 0 Å².